The van der Waals surface area contributed by atoms with E-state index in [-0.39, 0.29) is 24.0 Å². The van der Waals surface area contributed by atoms with Crippen molar-refractivity contribution in [3.8, 4) is 0 Å². The molecule has 26 heavy (non-hydrogen) atoms. The van der Waals surface area contributed by atoms with Gasteiger partial charge in [0.05, 0.1) is 18.3 Å². The largest absolute Gasteiger partial charge is 0.437 e. The summed E-state index contributed by atoms with van der Waals surface area (Å²) in [6.45, 7) is 4.33. The molecular formula is C16H23BN6O3. The first kappa shape index (κ1) is 17.1. The Hall–Kier alpha value is -2.33. The van der Waals surface area contributed by atoms with Crippen LogP contribution in [0.1, 0.15) is 16.9 Å². The van der Waals surface area contributed by atoms with Gasteiger partial charge in [0.25, 0.3) is 5.91 Å². The summed E-state index contributed by atoms with van der Waals surface area (Å²) >= 11 is 0. The number of amides is 3. The monoisotopic (exact) mass is 358 g/mol. The molecule has 2 bridgehead atoms. The molecule has 0 aromatic carbocycles. The average molecular weight is 358 g/mol. The fraction of sp³-hybridized carbons (Fsp3) is 0.562. The van der Waals surface area contributed by atoms with E-state index in [0.717, 1.165) is 18.7 Å². The highest BCUT2D eigenvalue weighted by molar-refractivity contribution is 6.45. The van der Waals surface area contributed by atoms with E-state index in [2.05, 4.69) is 10.4 Å². The number of nitrogens with zero attached hydrogens (tertiary/aromatic N) is 5. The van der Waals surface area contributed by atoms with Gasteiger partial charge in [-0.1, -0.05) is 0 Å². The van der Waals surface area contributed by atoms with Gasteiger partial charge >= 0.3 is 13.1 Å². The normalized spacial score (nSPS) is 25.7. The second-order valence-electron chi connectivity index (χ2n) is 7.23. The van der Waals surface area contributed by atoms with E-state index in [1.807, 2.05) is 10.9 Å². The van der Waals surface area contributed by atoms with Crippen LogP contribution in [0.15, 0.2) is 18.3 Å². The van der Waals surface area contributed by atoms with Gasteiger partial charge in [-0.2, -0.15) is 5.10 Å². The van der Waals surface area contributed by atoms with Gasteiger partial charge in [0, 0.05) is 32.4 Å². The molecule has 3 amide bonds. The maximum atomic E-state index is 12.5. The first-order valence-electron chi connectivity index (χ1n) is 8.94. The summed E-state index contributed by atoms with van der Waals surface area (Å²) in [7, 11) is 1.30. The first-order chi connectivity index (χ1) is 12.4. The average Bonchev–Trinajstić information content (AvgIpc) is 3.32. The van der Waals surface area contributed by atoms with Gasteiger partial charge in [-0.05, 0) is 31.9 Å². The molecule has 10 heteroatoms. The van der Waals surface area contributed by atoms with Gasteiger partial charge in [0.2, 0.25) is 0 Å². The van der Waals surface area contributed by atoms with Crippen LogP contribution in [0.3, 0.4) is 0 Å². The molecule has 4 rings (SSSR count). The van der Waals surface area contributed by atoms with Crippen molar-refractivity contribution in [1.29, 1.82) is 0 Å². The van der Waals surface area contributed by atoms with Crippen molar-refractivity contribution in [2.45, 2.75) is 25.3 Å². The van der Waals surface area contributed by atoms with Crippen molar-refractivity contribution in [1.82, 2.24) is 29.7 Å². The molecule has 138 valence electrons. The lowest BCUT2D eigenvalue weighted by Gasteiger charge is -2.21. The third-order valence-corrected chi connectivity index (χ3v) is 5.41. The molecule has 2 N–H and O–H groups in total. The lowest BCUT2D eigenvalue weighted by Crippen LogP contribution is -2.40. The molecule has 1 aromatic rings. The Kier molecular flexibility index (Phi) is 4.24. The van der Waals surface area contributed by atoms with E-state index < -0.39 is 7.05 Å². The Morgan fingerprint density at radius 2 is 2.23 bits per heavy atom. The molecule has 1 unspecified atom stereocenters. The number of hydrogen-bond donors (Lipinski definition) is 2. The molecule has 4 heterocycles. The Labute approximate surface area is 152 Å². The summed E-state index contributed by atoms with van der Waals surface area (Å²) in [6.07, 6.45) is 4.61. The standard InChI is InChI=1S/C16H23BN6O3/c1-17(26)22-5-3-11(8-22)18-15(24)14-4-6-23(19-14)13-7-12-9-21(10-13)16(25)20(12)2/h4,6-7,11-12,26H,3,5,8-10H2,1-2H3,(H,18,24)/t11-,12?/m0/s1. The second kappa shape index (κ2) is 6.44. The molecule has 0 aliphatic carbocycles. The highest BCUT2D eigenvalue weighted by Crippen LogP contribution is 2.24. The fourth-order valence-electron chi connectivity index (χ4n) is 3.82. The number of aromatic nitrogens is 2. The van der Waals surface area contributed by atoms with Crippen LogP contribution in [0.5, 0.6) is 0 Å². The molecule has 3 aliphatic heterocycles. The molecule has 2 atom stereocenters. The SMILES string of the molecule is CB(O)N1CC[C@H](NC(=O)c2ccn(C3=CC4CN(C3)C(=O)N4C)n2)C1. The zero-order chi connectivity index (χ0) is 18.4. The van der Waals surface area contributed by atoms with Crippen LogP contribution in [0, 0.1) is 0 Å². The summed E-state index contributed by atoms with van der Waals surface area (Å²) in [5, 5.41) is 17.0. The Bertz CT molecular complexity index is 763. The quantitative estimate of drug-likeness (QED) is 0.701. The molecule has 2 saturated heterocycles. The van der Waals surface area contributed by atoms with Crippen molar-refractivity contribution in [2.24, 2.45) is 0 Å². The van der Waals surface area contributed by atoms with Crippen molar-refractivity contribution < 1.29 is 14.6 Å². The first-order valence-corrected chi connectivity index (χ1v) is 8.94. The number of urea groups is 1. The van der Waals surface area contributed by atoms with Crippen molar-refractivity contribution in [3.63, 3.8) is 0 Å². The third-order valence-electron chi connectivity index (χ3n) is 5.41. The maximum absolute atomic E-state index is 12.5. The van der Waals surface area contributed by atoms with Crippen LogP contribution in [-0.2, 0) is 0 Å². The number of rotatable bonds is 4. The van der Waals surface area contributed by atoms with Crippen molar-refractivity contribution in [2.75, 3.05) is 33.2 Å². The minimum absolute atomic E-state index is 0.0179. The molecule has 0 radical (unpaired) electrons. The highest BCUT2D eigenvalue weighted by atomic mass is 16.2. The van der Waals surface area contributed by atoms with E-state index in [4.69, 9.17) is 0 Å². The van der Waals surface area contributed by atoms with Gasteiger partial charge in [-0.15, -0.1) is 0 Å². The zero-order valence-electron chi connectivity index (χ0n) is 15.0. The van der Waals surface area contributed by atoms with E-state index >= 15 is 0 Å². The molecule has 3 aliphatic rings. The van der Waals surface area contributed by atoms with Gasteiger partial charge in [-0.3, -0.25) is 4.79 Å². The summed E-state index contributed by atoms with van der Waals surface area (Å²) in [4.78, 5) is 29.9. The lowest BCUT2D eigenvalue weighted by atomic mass is 9.86. The Balaban J connectivity index is 1.41. The van der Waals surface area contributed by atoms with Crippen LogP contribution in [0.25, 0.3) is 5.70 Å². The molecule has 0 saturated carbocycles. The van der Waals surface area contributed by atoms with Crippen LogP contribution in [0.4, 0.5) is 4.79 Å². The van der Waals surface area contributed by atoms with Crippen molar-refractivity contribution in [3.05, 3.63) is 24.0 Å². The minimum Gasteiger partial charge on any atom is -0.437 e. The summed E-state index contributed by atoms with van der Waals surface area (Å²) in [6, 6.07) is 1.78. The zero-order valence-corrected chi connectivity index (χ0v) is 15.0. The van der Waals surface area contributed by atoms with Crippen LogP contribution in [0.2, 0.25) is 6.82 Å². The number of nitrogens with one attached hydrogen (secondary N) is 1. The summed E-state index contributed by atoms with van der Waals surface area (Å²) in [5.74, 6) is -0.214. The van der Waals surface area contributed by atoms with E-state index in [1.54, 1.807) is 40.6 Å². The fourth-order valence-corrected chi connectivity index (χ4v) is 3.82. The molecule has 2 fully saturated rings. The molecule has 1 aromatic heterocycles. The number of carbonyl (C=O) groups excluding carboxylic acids is 2. The Morgan fingerprint density at radius 1 is 1.42 bits per heavy atom. The summed E-state index contributed by atoms with van der Waals surface area (Å²) < 4.78 is 1.68. The van der Waals surface area contributed by atoms with Crippen molar-refractivity contribution >= 4 is 24.7 Å². The lowest BCUT2D eigenvalue weighted by molar-refractivity contribution is 0.0933. The van der Waals surface area contributed by atoms with Gasteiger partial charge in [-0.25, -0.2) is 9.48 Å². The third kappa shape index (κ3) is 2.99. The predicted octanol–water partition coefficient (Wildman–Crippen LogP) is -0.612. The van der Waals surface area contributed by atoms with Gasteiger partial charge in [0.1, 0.15) is 0 Å². The smallest absolute Gasteiger partial charge is 0.376 e. The number of carbonyl (C=O) groups is 2. The minimum atomic E-state index is -0.499. The highest BCUT2D eigenvalue weighted by Gasteiger charge is 2.38. The van der Waals surface area contributed by atoms with E-state index in [1.165, 1.54) is 0 Å². The van der Waals surface area contributed by atoms with Crippen LogP contribution in [-0.4, -0.2) is 93.7 Å². The number of fused-ring (bicyclic) bond motifs is 2. The molecule has 0 spiro atoms. The van der Waals surface area contributed by atoms with E-state index in [0.29, 0.717) is 25.3 Å². The van der Waals surface area contributed by atoms with Crippen LogP contribution < -0.4 is 5.32 Å². The van der Waals surface area contributed by atoms with E-state index in [9.17, 15) is 14.6 Å². The second-order valence-corrected chi connectivity index (χ2v) is 7.23. The Morgan fingerprint density at radius 3 is 2.92 bits per heavy atom. The molecule has 9 nitrogen and oxygen atoms in total. The number of hydrogen-bond acceptors (Lipinski definition) is 5. The van der Waals surface area contributed by atoms with Gasteiger partial charge in [0.15, 0.2) is 5.69 Å². The summed E-state index contributed by atoms with van der Waals surface area (Å²) in [5.41, 5.74) is 1.26. The predicted molar refractivity (Wildman–Crippen MR) is 96.3 cm³/mol. The maximum Gasteiger partial charge on any atom is 0.376 e. The van der Waals surface area contributed by atoms with Gasteiger partial charge < -0.3 is 25.0 Å². The number of likely N-dealkylation sites (N-methyl/N-ethyl adjacent to an activating group) is 1. The molecular weight excluding hydrogens is 335 g/mol. The van der Waals surface area contributed by atoms with Crippen LogP contribution >= 0.6 is 0 Å². The topological polar surface area (TPSA) is 93.9 Å².